The number of Topliss-reactive ketones (excluding diaryl/α,β-unsaturated/α-hetero) is 1. The van der Waals surface area contributed by atoms with Crippen LogP contribution < -0.4 is 0 Å². The number of benzene rings is 1. The lowest BCUT2D eigenvalue weighted by molar-refractivity contribution is 0.0991. The number of aromatic nitrogens is 1. The molecule has 0 aliphatic heterocycles. The number of hydrogen-bond donors (Lipinski definition) is 0. The number of halogens is 1. The minimum Gasteiger partial charge on any atom is -0.293 e. The topological polar surface area (TPSA) is 30.0 Å². The molecule has 1 aromatic heterocycles. The zero-order chi connectivity index (χ0) is 12.3. The van der Waals surface area contributed by atoms with Crippen molar-refractivity contribution >= 4 is 21.7 Å². The number of aryl methyl sites for hydroxylation is 1. The zero-order valence-corrected chi connectivity index (χ0v) is 11.0. The first kappa shape index (κ1) is 12.0. The lowest BCUT2D eigenvalue weighted by atomic mass is 10.0. The molecule has 0 aliphatic carbocycles. The first-order valence-electron chi connectivity index (χ1n) is 5.33. The van der Waals surface area contributed by atoms with Gasteiger partial charge in [-0.2, -0.15) is 0 Å². The summed E-state index contributed by atoms with van der Waals surface area (Å²) in [6, 6.07) is 11.3. The van der Waals surface area contributed by atoms with Crippen molar-refractivity contribution in [1.29, 1.82) is 0 Å². The van der Waals surface area contributed by atoms with Crippen molar-refractivity contribution in [2.75, 3.05) is 0 Å². The van der Waals surface area contributed by atoms with E-state index in [1.807, 2.05) is 43.3 Å². The Kier molecular flexibility index (Phi) is 3.69. The van der Waals surface area contributed by atoms with Crippen molar-refractivity contribution in [3.8, 4) is 0 Å². The fourth-order valence-electron chi connectivity index (χ4n) is 1.62. The Morgan fingerprint density at radius 2 is 2.12 bits per heavy atom. The van der Waals surface area contributed by atoms with Crippen LogP contribution in [0.1, 0.15) is 26.3 Å². The SMILES string of the molecule is Cc1cccc(C(=O)[C@@H](Br)c2cccnc2)c1. The minimum atomic E-state index is -0.335. The summed E-state index contributed by atoms with van der Waals surface area (Å²) in [5.74, 6) is 0.0571. The van der Waals surface area contributed by atoms with Gasteiger partial charge in [0.25, 0.3) is 0 Å². The average molecular weight is 290 g/mol. The number of nitrogens with zero attached hydrogens (tertiary/aromatic N) is 1. The van der Waals surface area contributed by atoms with Crippen molar-refractivity contribution in [2.24, 2.45) is 0 Å². The first-order valence-corrected chi connectivity index (χ1v) is 6.25. The normalized spacial score (nSPS) is 12.1. The highest BCUT2D eigenvalue weighted by molar-refractivity contribution is 9.09. The van der Waals surface area contributed by atoms with Crippen LogP contribution in [0.2, 0.25) is 0 Å². The third-order valence-electron chi connectivity index (χ3n) is 2.51. The Bertz CT molecular complexity index is 525. The smallest absolute Gasteiger partial charge is 0.180 e. The van der Waals surface area contributed by atoms with Crippen molar-refractivity contribution in [3.63, 3.8) is 0 Å². The molecule has 0 bridgehead atoms. The first-order chi connectivity index (χ1) is 8.18. The lowest BCUT2D eigenvalue weighted by Crippen LogP contribution is -2.07. The van der Waals surface area contributed by atoms with Gasteiger partial charge in [0.2, 0.25) is 0 Å². The van der Waals surface area contributed by atoms with Crippen molar-refractivity contribution in [2.45, 2.75) is 11.8 Å². The van der Waals surface area contributed by atoms with Crippen LogP contribution in [0.3, 0.4) is 0 Å². The number of carbonyl (C=O) groups excluding carboxylic acids is 1. The number of hydrogen-bond acceptors (Lipinski definition) is 2. The Morgan fingerprint density at radius 3 is 2.76 bits per heavy atom. The van der Waals surface area contributed by atoms with Gasteiger partial charge >= 0.3 is 0 Å². The second kappa shape index (κ2) is 5.23. The quantitative estimate of drug-likeness (QED) is 0.637. The zero-order valence-electron chi connectivity index (χ0n) is 9.43. The molecule has 1 heterocycles. The molecule has 0 fully saturated rings. The summed E-state index contributed by atoms with van der Waals surface area (Å²) >= 11 is 3.42. The molecule has 86 valence electrons. The molecule has 17 heavy (non-hydrogen) atoms. The third-order valence-corrected chi connectivity index (χ3v) is 3.45. The Hall–Kier alpha value is -1.48. The van der Waals surface area contributed by atoms with E-state index in [-0.39, 0.29) is 10.6 Å². The van der Waals surface area contributed by atoms with Gasteiger partial charge in [-0.1, -0.05) is 45.8 Å². The highest BCUT2D eigenvalue weighted by Crippen LogP contribution is 2.26. The van der Waals surface area contributed by atoms with Crippen LogP contribution in [0.5, 0.6) is 0 Å². The van der Waals surface area contributed by atoms with Crippen LogP contribution in [-0.4, -0.2) is 10.8 Å². The van der Waals surface area contributed by atoms with Crippen molar-refractivity contribution < 1.29 is 4.79 Å². The largest absolute Gasteiger partial charge is 0.293 e. The number of pyridine rings is 1. The molecule has 0 N–H and O–H groups in total. The van der Waals surface area contributed by atoms with Gasteiger partial charge in [0.05, 0.1) is 0 Å². The molecule has 2 aromatic rings. The van der Waals surface area contributed by atoms with E-state index in [4.69, 9.17) is 0 Å². The standard InChI is InChI=1S/C14H12BrNO/c1-10-4-2-5-11(8-10)14(17)13(15)12-6-3-7-16-9-12/h2-9,13H,1H3/t13-/m0/s1. The number of alkyl halides is 1. The van der Waals surface area contributed by atoms with Gasteiger partial charge in [-0.15, -0.1) is 0 Å². The molecule has 0 aliphatic rings. The molecule has 3 heteroatoms. The van der Waals surface area contributed by atoms with Gasteiger partial charge in [0.1, 0.15) is 4.83 Å². The fourth-order valence-corrected chi connectivity index (χ4v) is 2.16. The van der Waals surface area contributed by atoms with Gasteiger partial charge in [-0.3, -0.25) is 9.78 Å². The van der Waals surface area contributed by atoms with Crippen LogP contribution in [-0.2, 0) is 0 Å². The molecule has 0 saturated carbocycles. The second-order valence-corrected chi connectivity index (χ2v) is 4.80. The van der Waals surface area contributed by atoms with E-state index in [2.05, 4.69) is 20.9 Å². The van der Waals surface area contributed by atoms with E-state index in [1.165, 1.54) is 0 Å². The van der Waals surface area contributed by atoms with Crippen LogP contribution in [0.4, 0.5) is 0 Å². The Morgan fingerprint density at radius 1 is 1.29 bits per heavy atom. The summed E-state index contributed by atoms with van der Waals surface area (Å²) in [5.41, 5.74) is 2.68. The molecular formula is C14H12BrNO. The highest BCUT2D eigenvalue weighted by atomic mass is 79.9. The molecule has 1 aromatic carbocycles. The van der Waals surface area contributed by atoms with Gasteiger partial charge < -0.3 is 0 Å². The Balaban J connectivity index is 2.27. The molecule has 1 atom stereocenters. The summed E-state index contributed by atoms with van der Waals surface area (Å²) in [6.07, 6.45) is 3.40. The molecule has 0 saturated heterocycles. The van der Waals surface area contributed by atoms with E-state index in [0.717, 1.165) is 16.7 Å². The van der Waals surface area contributed by atoms with E-state index >= 15 is 0 Å². The molecular weight excluding hydrogens is 278 g/mol. The summed E-state index contributed by atoms with van der Waals surface area (Å²) in [4.78, 5) is 15.9. The number of rotatable bonds is 3. The maximum atomic E-state index is 12.2. The van der Waals surface area contributed by atoms with E-state index < -0.39 is 0 Å². The molecule has 0 spiro atoms. The molecule has 0 radical (unpaired) electrons. The van der Waals surface area contributed by atoms with E-state index in [1.54, 1.807) is 12.4 Å². The van der Waals surface area contributed by atoms with Crippen LogP contribution in [0.15, 0.2) is 48.8 Å². The van der Waals surface area contributed by atoms with Gasteiger partial charge in [-0.25, -0.2) is 0 Å². The lowest BCUT2D eigenvalue weighted by Gasteiger charge is -2.09. The summed E-state index contributed by atoms with van der Waals surface area (Å²) in [7, 11) is 0. The van der Waals surface area contributed by atoms with E-state index in [0.29, 0.717) is 0 Å². The summed E-state index contributed by atoms with van der Waals surface area (Å²) in [6.45, 7) is 1.98. The second-order valence-electron chi connectivity index (χ2n) is 3.88. The third kappa shape index (κ3) is 2.80. The molecule has 2 rings (SSSR count). The number of carbonyl (C=O) groups is 1. The van der Waals surface area contributed by atoms with Gasteiger partial charge in [0, 0.05) is 18.0 Å². The summed E-state index contributed by atoms with van der Waals surface area (Å²) < 4.78 is 0. The maximum Gasteiger partial charge on any atom is 0.180 e. The monoisotopic (exact) mass is 289 g/mol. The maximum absolute atomic E-state index is 12.2. The van der Waals surface area contributed by atoms with Crippen molar-refractivity contribution in [3.05, 3.63) is 65.5 Å². The van der Waals surface area contributed by atoms with E-state index in [9.17, 15) is 4.79 Å². The van der Waals surface area contributed by atoms with Crippen molar-refractivity contribution in [1.82, 2.24) is 4.98 Å². The van der Waals surface area contributed by atoms with Crippen LogP contribution in [0, 0.1) is 6.92 Å². The molecule has 0 amide bonds. The van der Waals surface area contributed by atoms with Gasteiger partial charge in [0.15, 0.2) is 5.78 Å². The Labute approximate surface area is 109 Å². The van der Waals surface area contributed by atoms with Crippen LogP contribution >= 0.6 is 15.9 Å². The average Bonchev–Trinajstić information content (AvgIpc) is 2.38. The molecule has 2 nitrogen and oxygen atoms in total. The summed E-state index contributed by atoms with van der Waals surface area (Å²) in [5, 5.41) is 0. The van der Waals surface area contributed by atoms with Crippen LogP contribution in [0.25, 0.3) is 0 Å². The molecule has 0 unspecified atom stereocenters. The number of ketones is 1. The highest BCUT2D eigenvalue weighted by Gasteiger charge is 2.18. The predicted molar refractivity (Wildman–Crippen MR) is 71.4 cm³/mol. The fraction of sp³-hybridized carbons (Fsp3) is 0.143. The van der Waals surface area contributed by atoms with Gasteiger partial charge in [-0.05, 0) is 24.6 Å². The minimum absolute atomic E-state index is 0.0571. The predicted octanol–water partition coefficient (Wildman–Crippen LogP) is 3.71.